The Labute approximate surface area is 188 Å². The first-order chi connectivity index (χ1) is 15.5. The first kappa shape index (κ1) is 20.6. The maximum Gasteiger partial charge on any atom is 0.322 e. The minimum atomic E-state index is -0.617. The van der Waals surface area contributed by atoms with Crippen LogP contribution in [0.25, 0.3) is 11.1 Å². The standard InChI is InChI=1S/C23H19ClF2N4O2/c1-32-21-8-12(4-6-27-21)15-10-18(25)19(11-17(15)24)29-23(31)30-13-2-3-20(30)14-5-7-28-22(26)16(14)9-13/h4-8,10-11,13,20H,2-3,9H2,1H3,(H,29,31). The van der Waals surface area contributed by atoms with Gasteiger partial charge in [0, 0.05) is 35.6 Å². The average molecular weight is 457 g/mol. The van der Waals surface area contributed by atoms with Crippen molar-refractivity contribution in [1.29, 1.82) is 0 Å². The molecule has 1 fully saturated rings. The highest BCUT2D eigenvalue weighted by Crippen LogP contribution is 2.44. The van der Waals surface area contributed by atoms with Crippen molar-refractivity contribution in [3.63, 3.8) is 0 Å². The quantitative estimate of drug-likeness (QED) is 0.537. The number of aromatic nitrogens is 2. The number of hydrogen-bond acceptors (Lipinski definition) is 4. The van der Waals surface area contributed by atoms with Gasteiger partial charge in [0.05, 0.1) is 23.9 Å². The number of anilines is 1. The van der Waals surface area contributed by atoms with Gasteiger partial charge < -0.3 is 15.0 Å². The number of benzene rings is 1. The van der Waals surface area contributed by atoms with E-state index < -0.39 is 17.8 Å². The van der Waals surface area contributed by atoms with Crippen LogP contribution in [0.15, 0.2) is 42.7 Å². The smallest absolute Gasteiger partial charge is 0.322 e. The minimum Gasteiger partial charge on any atom is -0.481 e. The number of nitrogens with zero attached hydrogens (tertiary/aromatic N) is 3. The number of amides is 2. The molecule has 32 heavy (non-hydrogen) atoms. The van der Waals surface area contributed by atoms with Crippen molar-refractivity contribution in [1.82, 2.24) is 14.9 Å². The number of pyridine rings is 2. The Bertz CT molecular complexity index is 1220. The van der Waals surface area contributed by atoms with E-state index in [1.807, 2.05) is 0 Å². The molecule has 2 atom stereocenters. The summed E-state index contributed by atoms with van der Waals surface area (Å²) in [7, 11) is 1.49. The summed E-state index contributed by atoms with van der Waals surface area (Å²) < 4.78 is 34.2. The zero-order valence-electron chi connectivity index (χ0n) is 17.1. The van der Waals surface area contributed by atoms with Crippen LogP contribution >= 0.6 is 11.6 Å². The molecule has 3 aromatic rings. The van der Waals surface area contributed by atoms with Crippen molar-refractivity contribution < 1.29 is 18.3 Å². The molecule has 1 saturated heterocycles. The van der Waals surface area contributed by atoms with E-state index in [2.05, 4.69) is 15.3 Å². The number of rotatable bonds is 3. The van der Waals surface area contributed by atoms with E-state index in [1.54, 1.807) is 29.3 Å². The second kappa shape index (κ2) is 8.02. The van der Waals surface area contributed by atoms with Crippen molar-refractivity contribution in [3.05, 3.63) is 70.6 Å². The lowest BCUT2D eigenvalue weighted by Gasteiger charge is -2.36. The fourth-order valence-corrected chi connectivity index (χ4v) is 4.93. The number of urea groups is 1. The molecule has 2 bridgehead atoms. The number of fused-ring (bicyclic) bond motifs is 4. The molecule has 0 radical (unpaired) electrons. The van der Waals surface area contributed by atoms with Gasteiger partial charge >= 0.3 is 6.03 Å². The normalized spacial score (nSPS) is 18.9. The molecule has 2 aliphatic heterocycles. The van der Waals surface area contributed by atoms with E-state index in [0.717, 1.165) is 18.4 Å². The predicted molar refractivity (Wildman–Crippen MR) is 116 cm³/mol. The zero-order valence-corrected chi connectivity index (χ0v) is 17.9. The largest absolute Gasteiger partial charge is 0.481 e. The summed E-state index contributed by atoms with van der Waals surface area (Å²) in [6, 6.07) is 6.90. The lowest BCUT2D eigenvalue weighted by atomic mass is 9.95. The van der Waals surface area contributed by atoms with Crippen LogP contribution in [-0.4, -0.2) is 34.1 Å². The van der Waals surface area contributed by atoms with Gasteiger partial charge in [-0.05, 0) is 54.7 Å². The molecule has 2 amide bonds. The van der Waals surface area contributed by atoms with Crippen molar-refractivity contribution in [3.8, 4) is 17.0 Å². The summed E-state index contributed by atoms with van der Waals surface area (Å²) in [6.45, 7) is 0. The van der Waals surface area contributed by atoms with Gasteiger partial charge in [-0.1, -0.05) is 11.6 Å². The van der Waals surface area contributed by atoms with Gasteiger partial charge in [-0.2, -0.15) is 4.39 Å². The number of halogens is 3. The van der Waals surface area contributed by atoms with Crippen LogP contribution in [0.2, 0.25) is 5.02 Å². The molecule has 2 aromatic heterocycles. The van der Waals surface area contributed by atoms with Gasteiger partial charge in [0.2, 0.25) is 11.8 Å². The van der Waals surface area contributed by atoms with Crippen LogP contribution in [0.3, 0.4) is 0 Å². The van der Waals surface area contributed by atoms with Crippen LogP contribution in [0.4, 0.5) is 19.3 Å². The first-order valence-electron chi connectivity index (χ1n) is 10.2. The third-order valence-corrected chi connectivity index (χ3v) is 6.44. The molecule has 0 aliphatic carbocycles. The number of ether oxygens (including phenoxy) is 1. The fourth-order valence-electron chi connectivity index (χ4n) is 4.66. The molecule has 1 aromatic carbocycles. The SMILES string of the molecule is COc1cc(-c2cc(F)c(NC(=O)N3C4CCC3c3ccnc(F)c3C4)cc2Cl)ccn1. The summed E-state index contributed by atoms with van der Waals surface area (Å²) >= 11 is 6.41. The Morgan fingerprint density at radius 3 is 2.81 bits per heavy atom. The highest BCUT2D eigenvalue weighted by molar-refractivity contribution is 6.33. The molecule has 6 nitrogen and oxygen atoms in total. The van der Waals surface area contributed by atoms with Crippen LogP contribution < -0.4 is 10.1 Å². The van der Waals surface area contributed by atoms with E-state index >= 15 is 0 Å². The third kappa shape index (κ3) is 3.44. The lowest BCUT2D eigenvalue weighted by Crippen LogP contribution is -2.44. The van der Waals surface area contributed by atoms with Gasteiger partial charge in [-0.3, -0.25) is 0 Å². The topological polar surface area (TPSA) is 67.3 Å². The molecule has 2 unspecified atom stereocenters. The van der Waals surface area contributed by atoms with Gasteiger partial charge in [-0.15, -0.1) is 0 Å². The zero-order chi connectivity index (χ0) is 22.4. The fraction of sp³-hybridized carbons (Fsp3) is 0.261. The molecule has 9 heteroatoms. The summed E-state index contributed by atoms with van der Waals surface area (Å²) in [5.41, 5.74) is 2.41. The first-order valence-corrected chi connectivity index (χ1v) is 10.6. The van der Waals surface area contributed by atoms with Gasteiger partial charge in [0.15, 0.2) is 0 Å². The van der Waals surface area contributed by atoms with Crippen LogP contribution in [0, 0.1) is 11.8 Å². The van der Waals surface area contributed by atoms with Gasteiger partial charge in [0.25, 0.3) is 0 Å². The highest BCUT2D eigenvalue weighted by atomic mass is 35.5. The monoisotopic (exact) mass is 456 g/mol. The van der Waals surface area contributed by atoms with Crippen molar-refractivity contribution in [2.45, 2.75) is 31.3 Å². The third-order valence-electron chi connectivity index (χ3n) is 6.13. The molecule has 164 valence electrons. The molecule has 0 saturated carbocycles. The van der Waals surface area contributed by atoms with E-state index in [0.29, 0.717) is 29.0 Å². The number of carbonyl (C=O) groups excluding carboxylic acids is 1. The number of nitrogens with one attached hydrogen (secondary N) is 1. The Hall–Kier alpha value is -3.26. The average Bonchev–Trinajstić information content (AvgIpc) is 3.11. The minimum absolute atomic E-state index is 0.0177. The number of methoxy groups -OCH3 is 1. The predicted octanol–water partition coefficient (Wildman–Crippen LogP) is 5.38. The molecular formula is C23H19ClF2N4O2. The van der Waals surface area contributed by atoms with E-state index in [1.165, 1.54) is 25.4 Å². The highest BCUT2D eigenvalue weighted by Gasteiger charge is 2.43. The van der Waals surface area contributed by atoms with E-state index in [9.17, 15) is 13.6 Å². The Morgan fingerprint density at radius 1 is 1.19 bits per heavy atom. The van der Waals surface area contributed by atoms with Crippen LogP contribution in [-0.2, 0) is 6.42 Å². The summed E-state index contributed by atoms with van der Waals surface area (Å²) in [4.78, 5) is 22.5. The number of hydrogen-bond donors (Lipinski definition) is 1. The molecule has 2 aliphatic rings. The Kier molecular flexibility index (Phi) is 5.17. The van der Waals surface area contributed by atoms with Crippen LogP contribution in [0.5, 0.6) is 5.88 Å². The Morgan fingerprint density at radius 2 is 2.00 bits per heavy atom. The van der Waals surface area contributed by atoms with E-state index in [-0.39, 0.29) is 22.8 Å². The number of carbonyl (C=O) groups is 1. The molecule has 4 heterocycles. The van der Waals surface area contributed by atoms with E-state index in [4.69, 9.17) is 16.3 Å². The summed E-state index contributed by atoms with van der Waals surface area (Å²) in [6.07, 6.45) is 4.82. The second-order valence-corrected chi connectivity index (χ2v) is 8.26. The second-order valence-electron chi connectivity index (χ2n) is 7.86. The van der Waals surface area contributed by atoms with Gasteiger partial charge in [-0.25, -0.2) is 19.2 Å². The van der Waals surface area contributed by atoms with Gasteiger partial charge in [0.1, 0.15) is 5.82 Å². The maximum atomic E-state index is 14.9. The van der Waals surface area contributed by atoms with Crippen molar-refractivity contribution in [2.24, 2.45) is 0 Å². The summed E-state index contributed by atoms with van der Waals surface area (Å²) in [5, 5.41) is 2.92. The lowest BCUT2D eigenvalue weighted by molar-refractivity contribution is 0.178. The van der Waals surface area contributed by atoms with Crippen molar-refractivity contribution >= 4 is 23.3 Å². The summed E-state index contributed by atoms with van der Waals surface area (Å²) in [5.74, 6) is -0.724. The molecule has 1 N–H and O–H groups in total. The maximum absolute atomic E-state index is 14.9. The molecule has 0 spiro atoms. The van der Waals surface area contributed by atoms with Crippen LogP contribution in [0.1, 0.15) is 30.0 Å². The Balaban J connectivity index is 1.41. The molecule has 5 rings (SSSR count). The molecular weight excluding hydrogens is 438 g/mol. The van der Waals surface area contributed by atoms with Crippen molar-refractivity contribution in [2.75, 3.05) is 12.4 Å².